The van der Waals surface area contributed by atoms with Gasteiger partial charge in [0.25, 0.3) is 0 Å². The Morgan fingerprint density at radius 1 is 1.40 bits per heavy atom. The number of carbonyl (C=O) groups excluding carboxylic acids is 1. The summed E-state index contributed by atoms with van der Waals surface area (Å²) in [5, 5.41) is 12.3. The van der Waals surface area contributed by atoms with Crippen molar-refractivity contribution in [3.05, 3.63) is 30.0 Å². The van der Waals surface area contributed by atoms with E-state index < -0.39 is 0 Å². The number of furan rings is 1. The molecule has 0 saturated heterocycles. The fraction of sp³-hybridized carbons (Fsp3) is 0.611. The van der Waals surface area contributed by atoms with Gasteiger partial charge in [0.05, 0.1) is 18.1 Å². The van der Waals surface area contributed by atoms with E-state index in [2.05, 4.69) is 27.0 Å². The predicted molar refractivity (Wildman–Crippen MR) is 97.4 cm³/mol. The van der Waals surface area contributed by atoms with Crippen molar-refractivity contribution in [1.82, 2.24) is 20.1 Å². The van der Waals surface area contributed by atoms with Gasteiger partial charge in [0.2, 0.25) is 5.91 Å². The van der Waals surface area contributed by atoms with Crippen LogP contribution in [0.15, 0.2) is 28.0 Å². The van der Waals surface area contributed by atoms with E-state index in [0.29, 0.717) is 12.5 Å². The third-order valence-electron chi connectivity index (χ3n) is 4.70. The third-order valence-corrected chi connectivity index (χ3v) is 5.78. The van der Waals surface area contributed by atoms with Crippen molar-refractivity contribution < 1.29 is 9.21 Å². The van der Waals surface area contributed by atoms with Crippen LogP contribution in [0.4, 0.5) is 0 Å². The largest absolute Gasteiger partial charge is 0.467 e. The highest BCUT2D eigenvalue weighted by Gasteiger charge is 2.25. The minimum Gasteiger partial charge on any atom is -0.467 e. The van der Waals surface area contributed by atoms with E-state index in [9.17, 15) is 4.79 Å². The van der Waals surface area contributed by atoms with Crippen LogP contribution in [0, 0.1) is 0 Å². The number of hydrogen-bond acceptors (Lipinski definition) is 5. The van der Waals surface area contributed by atoms with Gasteiger partial charge in [0, 0.05) is 12.5 Å². The number of aromatic nitrogens is 3. The van der Waals surface area contributed by atoms with E-state index in [-0.39, 0.29) is 11.2 Å². The molecule has 3 rings (SSSR count). The monoisotopic (exact) mass is 362 g/mol. The molecule has 1 saturated carbocycles. The summed E-state index contributed by atoms with van der Waals surface area (Å²) in [5.74, 6) is 2.33. The van der Waals surface area contributed by atoms with Crippen molar-refractivity contribution >= 4 is 17.7 Å². The van der Waals surface area contributed by atoms with E-state index >= 15 is 0 Å². The highest BCUT2D eigenvalue weighted by molar-refractivity contribution is 8.00. The molecule has 2 aromatic rings. The zero-order valence-corrected chi connectivity index (χ0v) is 15.7. The molecule has 1 fully saturated rings. The lowest BCUT2D eigenvalue weighted by molar-refractivity contribution is -0.120. The van der Waals surface area contributed by atoms with Gasteiger partial charge in [-0.3, -0.25) is 4.79 Å². The molecule has 7 heteroatoms. The van der Waals surface area contributed by atoms with Gasteiger partial charge < -0.3 is 14.3 Å². The summed E-state index contributed by atoms with van der Waals surface area (Å²) in [5.41, 5.74) is 0. The molecule has 0 aliphatic heterocycles. The van der Waals surface area contributed by atoms with Gasteiger partial charge in [0.1, 0.15) is 11.6 Å². The average Bonchev–Trinajstić information content (AvgIpc) is 3.29. The van der Waals surface area contributed by atoms with Crippen LogP contribution in [0.1, 0.15) is 63.5 Å². The van der Waals surface area contributed by atoms with Gasteiger partial charge in [-0.05, 0) is 38.8 Å². The lowest BCUT2D eigenvalue weighted by atomic mass is 9.89. The molecule has 0 spiro atoms. The van der Waals surface area contributed by atoms with Crippen molar-refractivity contribution in [3.63, 3.8) is 0 Å². The van der Waals surface area contributed by atoms with Gasteiger partial charge in [-0.15, -0.1) is 10.2 Å². The number of nitrogens with one attached hydrogen (secondary N) is 1. The normalized spacial score (nSPS) is 16.7. The number of rotatable bonds is 7. The van der Waals surface area contributed by atoms with Crippen LogP contribution in [0.25, 0.3) is 0 Å². The fourth-order valence-corrected chi connectivity index (χ4v) is 4.23. The minimum atomic E-state index is -0.233. The Morgan fingerprint density at radius 3 is 2.88 bits per heavy atom. The lowest BCUT2D eigenvalue weighted by Crippen LogP contribution is -2.30. The molecule has 1 N–H and O–H groups in total. The predicted octanol–water partition coefficient (Wildman–Crippen LogP) is 3.74. The third kappa shape index (κ3) is 4.45. The summed E-state index contributed by atoms with van der Waals surface area (Å²) in [7, 11) is 0. The van der Waals surface area contributed by atoms with Crippen LogP contribution in [0.3, 0.4) is 0 Å². The number of thioether (sulfide) groups is 1. The SMILES string of the molecule is CCn1c(SC(C)C(=O)NCc2ccco2)nnc1C1CCCCC1. The van der Waals surface area contributed by atoms with Gasteiger partial charge in [-0.2, -0.15) is 0 Å². The molecule has 0 bridgehead atoms. The van der Waals surface area contributed by atoms with Crippen LogP contribution in [-0.2, 0) is 17.9 Å². The molecule has 1 aliphatic carbocycles. The van der Waals surface area contributed by atoms with Crippen molar-refractivity contribution in [2.45, 2.75) is 75.4 Å². The standard InChI is InChI=1S/C18H26N4O2S/c1-3-22-16(14-8-5-4-6-9-14)20-21-18(22)25-13(2)17(23)19-12-15-10-7-11-24-15/h7,10-11,13-14H,3-6,8-9,12H2,1-2H3,(H,19,23). The topological polar surface area (TPSA) is 73.0 Å². The van der Waals surface area contributed by atoms with Crippen LogP contribution in [0.5, 0.6) is 0 Å². The van der Waals surface area contributed by atoms with E-state index in [4.69, 9.17) is 4.42 Å². The molecule has 1 atom stereocenters. The second-order valence-electron chi connectivity index (χ2n) is 6.48. The maximum absolute atomic E-state index is 12.3. The lowest BCUT2D eigenvalue weighted by Gasteiger charge is -2.21. The summed E-state index contributed by atoms with van der Waals surface area (Å²) in [6.07, 6.45) is 7.87. The quantitative estimate of drug-likeness (QED) is 0.760. The summed E-state index contributed by atoms with van der Waals surface area (Å²) in [4.78, 5) is 12.3. The van der Waals surface area contributed by atoms with Crippen LogP contribution >= 0.6 is 11.8 Å². The van der Waals surface area contributed by atoms with Gasteiger partial charge in [0.15, 0.2) is 5.16 Å². The molecule has 25 heavy (non-hydrogen) atoms. The molecule has 0 radical (unpaired) electrons. The second kappa shape index (κ2) is 8.56. The van der Waals surface area contributed by atoms with Crippen molar-refractivity contribution in [2.24, 2.45) is 0 Å². The molecule has 136 valence electrons. The first kappa shape index (κ1) is 18.0. The van der Waals surface area contributed by atoms with Crippen molar-refractivity contribution in [2.75, 3.05) is 0 Å². The molecular weight excluding hydrogens is 336 g/mol. The van der Waals surface area contributed by atoms with Crippen molar-refractivity contribution in [3.8, 4) is 0 Å². The minimum absolute atomic E-state index is 0.0220. The highest BCUT2D eigenvalue weighted by atomic mass is 32.2. The molecule has 1 amide bonds. The molecule has 2 aromatic heterocycles. The number of hydrogen-bond donors (Lipinski definition) is 1. The summed E-state index contributed by atoms with van der Waals surface area (Å²) in [6, 6.07) is 3.67. The van der Waals surface area contributed by atoms with Crippen LogP contribution < -0.4 is 5.32 Å². The molecular formula is C18H26N4O2S. The number of nitrogens with zero attached hydrogens (tertiary/aromatic N) is 3. The molecule has 1 unspecified atom stereocenters. The van der Waals surface area contributed by atoms with Crippen LogP contribution in [-0.4, -0.2) is 25.9 Å². The van der Waals surface area contributed by atoms with Crippen LogP contribution in [0.2, 0.25) is 0 Å². The highest BCUT2D eigenvalue weighted by Crippen LogP contribution is 2.33. The summed E-state index contributed by atoms with van der Waals surface area (Å²) in [6.45, 7) is 5.25. The maximum Gasteiger partial charge on any atom is 0.233 e. The number of amides is 1. The van der Waals surface area contributed by atoms with Gasteiger partial charge in [-0.25, -0.2) is 0 Å². The first-order chi connectivity index (χ1) is 12.2. The molecule has 0 aromatic carbocycles. The molecule has 1 aliphatic rings. The maximum atomic E-state index is 12.3. The van der Waals surface area contributed by atoms with E-state index in [0.717, 1.165) is 23.3 Å². The summed E-state index contributed by atoms with van der Waals surface area (Å²) >= 11 is 1.47. The fourth-order valence-electron chi connectivity index (χ4n) is 3.29. The Hall–Kier alpha value is -1.76. The smallest absolute Gasteiger partial charge is 0.233 e. The van der Waals surface area contributed by atoms with E-state index in [1.807, 2.05) is 19.1 Å². The second-order valence-corrected chi connectivity index (χ2v) is 7.79. The Kier molecular flexibility index (Phi) is 6.18. The molecule has 6 nitrogen and oxygen atoms in total. The Balaban J connectivity index is 1.61. The van der Waals surface area contributed by atoms with E-state index in [1.165, 1.54) is 43.9 Å². The Bertz CT molecular complexity index is 677. The zero-order valence-electron chi connectivity index (χ0n) is 14.9. The van der Waals surface area contributed by atoms with Crippen molar-refractivity contribution in [1.29, 1.82) is 0 Å². The molecule has 2 heterocycles. The first-order valence-electron chi connectivity index (χ1n) is 9.09. The van der Waals surface area contributed by atoms with Gasteiger partial charge >= 0.3 is 0 Å². The average molecular weight is 362 g/mol. The Morgan fingerprint density at radius 2 is 2.20 bits per heavy atom. The Labute approximate surface area is 152 Å². The van der Waals surface area contributed by atoms with Gasteiger partial charge in [-0.1, -0.05) is 31.0 Å². The van der Waals surface area contributed by atoms with E-state index in [1.54, 1.807) is 6.26 Å². The summed E-state index contributed by atoms with van der Waals surface area (Å²) < 4.78 is 7.42. The first-order valence-corrected chi connectivity index (χ1v) is 9.96. The number of carbonyl (C=O) groups is 1. The zero-order chi connectivity index (χ0) is 17.6.